The van der Waals surface area contributed by atoms with Gasteiger partial charge >= 0.3 is 0 Å². The first-order valence-electron chi connectivity index (χ1n) is 5.07. The number of aromatic nitrogens is 2. The first-order chi connectivity index (χ1) is 8.08. The lowest BCUT2D eigenvalue weighted by molar-refractivity contribution is 1.08. The molecular weight excluding hydrogens is 270 g/mol. The molecule has 18 heavy (non-hydrogen) atoms. The summed E-state index contributed by atoms with van der Waals surface area (Å²) >= 11 is 1.37. The molecule has 0 spiro atoms. The normalized spacial score (nSPS) is 9.67. The molecule has 0 bridgehead atoms. The lowest BCUT2D eigenvalue weighted by Gasteiger charge is -2.04. The number of hydrogen-bond acceptors (Lipinski definition) is 4. The second kappa shape index (κ2) is 5.79. The third-order valence-corrected chi connectivity index (χ3v) is 3.17. The summed E-state index contributed by atoms with van der Waals surface area (Å²) in [6, 6.07) is 6.11. The van der Waals surface area contributed by atoms with Crippen LogP contribution in [0.5, 0.6) is 0 Å². The molecule has 0 atom stereocenters. The van der Waals surface area contributed by atoms with Gasteiger partial charge in [-0.1, -0.05) is 29.5 Å². The van der Waals surface area contributed by atoms with Crippen LogP contribution < -0.4 is 11.5 Å². The van der Waals surface area contributed by atoms with Gasteiger partial charge in [-0.25, -0.2) is 0 Å². The highest BCUT2D eigenvalue weighted by atomic mass is 35.5. The van der Waals surface area contributed by atoms with Gasteiger partial charge in [0.2, 0.25) is 5.13 Å². The summed E-state index contributed by atoms with van der Waals surface area (Å²) in [7, 11) is 0. The largest absolute Gasteiger partial charge is 0.370 e. The fourth-order valence-electron chi connectivity index (χ4n) is 1.62. The van der Waals surface area contributed by atoms with Crippen LogP contribution in [0.2, 0.25) is 0 Å². The van der Waals surface area contributed by atoms with Crippen molar-refractivity contribution < 1.29 is 0 Å². The van der Waals surface area contributed by atoms with Gasteiger partial charge in [-0.3, -0.25) is 0 Å². The Kier molecular flexibility index (Phi) is 4.63. The standard InChI is InChI=1S/C11H13N5S.ClH/c1-6-4-3-5-7(2)8(6)9-15-16-11(17-9)14-10(12)13;/h3-5H,1-2H3,(H4,12,13,14,16);1H. The minimum absolute atomic E-state index is 0. The summed E-state index contributed by atoms with van der Waals surface area (Å²) < 4.78 is 0. The number of guanidine groups is 1. The van der Waals surface area contributed by atoms with Crippen molar-refractivity contribution in [2.24, 2.45) is 16.5 Å². The van der Waals surface area contributed by atoms with Crippen LogP contribution in [0.3, 0.4) is 0 Å². The number of hydrogen-bond donors (Lipinski definition) is 2. The number of nitrogens with two attached hydrogens (primary N) is 2. The Hall–Kier alpha value is -1.66. The Morgan fingerprint density at radius 2 is 1.78 bits per heavy atom. The van der Waals surface area contributed by atoms with Gasteiger partial charge in [0, 0.05) is 5.56 Å². The van der Waals surface area contributed by atoms with Crippen LogP contribution in [0.25, 0.3) is 10.6 Å². The van der Waals surface area contributed by atoms with E-state index in [1.807, 2.05) is 32.0 Å². The predicted molar refractivity (Wildman–Crippen MR) is 77.5 cm³/mol. The highest BCUT2D eigenvalue weighted by Crippen LogP contribution is 2.32. The van der Waals surface area contributed by atoms with Crippen LogP contribution >= 0.6 is 23.7 Å². The molecule has 0 saturated heterocycles. The van der Waals surface area contributed by atoms with Crippen LogP contribution in [0, 0.1) is 13.8 Å². The average molecular weight is 284 g/mol. The maximum atomic E-state index is 5.30. The fraction of sp³-hybridized carbons (Fsp3) is 0.182. The minimum atomic E-state index is -0.00537. The van der Waals surface area contributed by atoms with E-state index in [1.54, 1.807) is 0 Å². The van der Waals surface area contributed by atoms with Gasteiger partial charge in [-0.2, -0.15) is 4.99 Å². The lowest BCUT2D eigenvalue weighted by Crippen LogP contribution is -2.21. The average Bonchev–Trinajstić information content (AvgIpc) is 2.65. The van der Waals surface area contributed by atoms with E-state index in [-0.39, 0.29) is 18.4 Å². The third-order valence-electron chi connectivity index (χ3n) is 2.33. The molecule has 2 rings (SSSR count). The van der Waals surface area contributed by atoms with E-state index < -0.39 is 0 Å². The summed E-state index contributed by atoms with van der Waals surface area (Å²) in [5, 5.41) is 9.36. The zero-order valence-corrected chi connectivity index (χ0v) is 11.7. The van der Waals surface area contributed by atoms with E-state index in [9.17, 15) is 0 Å². The van der Waals surface area contributed by atoms with Gasteiger partial charge < -0.3 is 11.5 Å². The molecule has 7 heteroatoms. The maximum absolute atomic E-state index is 5.30. The van der Waals surface area contributed by atoms with Gasteiger partial charge in [0.25, 0.3) is 0 Å². The number of halogens is 1. The molecule has 0 unspecified atom stereocenters. The van der Waals surface area contributed by atoms with Gasteiger partial charge in [-0.05, 0) is 25.0 Å². The first-order valence-corrected chi connectivity index (χ1v) is 5.89. The van der Waals surface area contributed by atoms with Crippen molar-refractivity contribution in [3.63, 3.8) is 0 Å². The molecule has 0 saturated carbocycles. The number of rotatable bonds is 2. The summed E-state index contributed by atoms with van der Waals surface area (Å²) in [5.74, 6) is -0.00537. The Balaban J connectivity index is 0.00000162. The molecule has 0 aliphatic heterocycles. The summed E-state index contributed by atoms with van der Waals surface area (Å²) in [5.41, 5.74) is 14.0. The van der Waals surface area contributed by atoms with Gasteiger partial charge in [0.05, 0.1) is 0 Å². The molecule has 0 fully saturated rings. The van der Waals surface area contributed by atoms with Gasteiger partial charge in [0.1, 0.15) is 5.01 Å². The van der Waals surface area contributed by atoms with Crippen LogP contribution in [-0.4, -0.2) is 16.2 Å². The van der Waals surface area contributed by atoms with E-state index in [2.05, 4.69) is 15.2 Å². The van der Waals surface area contributed by atoms with Crippen LogP contribution in [0.1, 0.15) is 11.1 Å². The summed E-state index contributed by atoms with van der Waals surface area (Å²) in [6.45, 7) is 4.09. The quantitative estimate of drug-likeness (QED) is 0.653. The zero-order valence-electron chi connectivity index (χ0n) is 10.0. The van der Waals surface area contributed by atoms with E-state index in [1.165, 1.54) is 11.3 Å². The molecule has 0 aliphatic carbocycles. The second-order valence-electron chi connectivity index (χ2n) is 3.69. The van der Waals surface area contributed by atoms with Crippen LogP contribution in [0.4, 0.5) is 5.13 Å². The first kappa shape index (κ1) is 14.4. The van der Waals surface area contributed by atoms with Crippen LogP contribution in [0.15, 0.2) is 23.2 Å². The minimum Gasteiger partial charge on any atom is -0.370 e. The lowest BCUT2D eigenvalue weighted by atomic mass is 10.0. The Morgan fingerprint density at radius 3 is 2.33 bits per heavy atom. The highest BCUT2D eigenvalue weighted by Gasteiger charge is 2.10. The Labute approximate surface area is 115 Å². The van der Waals surface area contributed by atoms with E-state index in [4.69, 9.17) is 11.5 Å². The molecule has 0 aliphatic rings. The zero-order chi connectivity index (χ0) is 12.4. The van der Waals surface area contributed by atoms with E-state index in [0.29, 0.717) is 5.13 Å². The fourth-order valence-corrected chi connectivity index (χ4v) is 2.54. The maximum Gasteiger partial charge on any atom is 0.235 e. The summed E-state index contributed by atoms with van der Waals surface area (Å²) in [4.78, 5) is 3.88. The second-order valence-corrected chi connectivity index (χ2v) is 4.65. The Morgan fingerprint density at radius 1 is 1.17 bits per heavy atom. The number of aliphatic imine (C=N–C) groups is 1. The van der Waals surface area contributed by atoms with Crippen molar-refractivity contribution in [1.82, 2.24) is 10.2 Å². The number of benzene rings is 1. The number of nitrogens with zero attached hydrogens (tertiary/aromatic N) is 3. The predicted octanol–water partition coefficient (Wildman–Crippen LogP) is 2.15. The molecule has 0 radical (unpaired) electrons. The molecule has 1 aromatic heterocycles. The van der Waals surface area contributed by atoms with E-state index in [0.717, 1.165) is 21.7 Å². The molecule has 5 nitrogen and oxygen atoms in total. The third kappa shape index (κ3) is 2.96. The van der Waals surface area contributed by atoms with Crippen LogP contribution in [-0.2, 0) is 0 Å². The molecular formula is C11H14ClN5S. The molecule has 1 aromatic carbocycles. The number of aryl methyl sites for hydroxylation is 2. The smallest absolute Gasteiger partial charge is 0.235 e. The van der Waals surface area contributed by atoms with Crippen molar-refractivity contribution in [2.45, 2.75) is 13.8 Å². The molecule has 2 aromatic rings. The highest BCUT2D eigenvalue weighted by molar-refractivity contribution is 7.18. The topological polar surface area (TPSA) is 90.2 Å². The SMILES string of the molecule is Cc1cccc(C)c1-c1nnc(N=C(N)N)s1.Cl. The molecule has 0 amide bonds. The summed E-state index contributed by atoms with van der Waals surface area (Å²) in [6.07, 6.45) is 0. The molecule has 4 N–H and O–H groups in total. The van der Waals surface area contributed by atoms with E-state index >= 15 is 0 Å². The Bertz CT molecular complexity index is 554. The van der Waals surface area contributed by atoms with Gasteiger partial charge in [0.15, 0.2) is 5.96 Å². The van der Waals surface area contributed by atoms with Gasteiger partial charge in [-0.15, -0.1) is 22.6 Å². The molecule has 96 valence electrons. The molecule has 1 heterocycles. The van der Waals surface area contributed by atoms with Crippen molar-refractivity contribution in [3.8, 4) is 10.6 Å². The van der Waals surface area contributed by atoms with Crippen molar-refractivity contribution in [3.05, 3.63) is 29.3 Å². The van der Waals surface area contributed by atoms with Crippen molar-refractivity contribution >= 4 is 34.8 Å². The monoisotopic (exact) mass is 283 g/mol. The van der Waals surface area contributed by atoms with Crippen molar-refractivity contribution in [2.75, 3.05) is 0 Å². The van der Waals surface area contributed by atoms with Crippen molar-refractivity contribution in [1.29, 1.82) is 0 Å².